The van der Waals surface area contributed by atoms with Crippen molar-refractivity contribution in [1.29, 1.82) is 0 Å². The first-order valence-corrected chi connectivity index (χ1v) is 6.21. The summed E-state index contributed by atoms with van der Waals surface area (Å²) in [6, 6.07) is 9.35. The second-order valence-electron chi connectivity index (χ2n) is 4.03. The molecule has 2 N–H and O–H groups in total. The monoisotopic (exact) mass is 295 g/mol. The maximum atomic E-state index is 13.1. The molecule has 1 aromatic heterocycles. The molecule has 0 fully saturated rings. The minimum Gasteiger partial charge on any atom is -0.369 e. The quantitative estimate of drug-likeness (QED) is 0.736. The first kappa shape index (κ1) is 12.3. The Labute approximate surface area is 118 Å². The van der Waals surface area contributed by atoms with Crippen molar-refractivity contribution < 1.29 is 4.39 Å². The minimum absolute atomic E-state index is 0.265. The van der Waals surface area contributed by atoms with E-state index >= 15 is 0 Å². The van der Waals surface area contributed by atoms with Gasteiger partial charge in [0, 0.05) is 5.02 Å². The molecule has 0 aliphatic carbocycles. The first-order chi connectivity index (χ1) is 9.06. The van der Waals surface area contributed by atoms with Crippen LogP contribution in [0, 0.1) is 5.82 Å². The van der Waals surface area contributed by atoms with Gasteiger partial charge in [0.2, 0.25) is 5.95 Å². The minimum atomic E-state index is -0.403. The lowest BCUT2D eigenvalue weighted by Crippen LogP contribution is -2.01. The topological polar surface area (TPSA) is 43.8 Å². The molecule has 0 amide bonds. The predicted octanol–water partition coefficient (Wildman–Crippen LogP) is 4.05. The van der Waals surface area contributed by atoms with Gasteiger partial charge in [0.15, 0.2) is 0 Å². The summed E-state index contributed by atoms with van der Waals surface area (Å²) in [6.45, 7) is 0. The number of anilines is 1. The molecule has 3 nitrogen and oxygen atoms in total. The van der Waals surface area contributed by atoms with Crippen LogP contribution in [0.1, 0.15) is 0 Å². The molecule has 0 saturated heterocycles. The number of hydrogen-bond donors (Lipinski definition) is 1. The molecule has 96 valence electrons. The van der Waals surface area contributed by atoms with Crippen LogP contribution in [0.15, 0.2) is 36.4 Å². The zero-order valence-corrected chi connectivity index (χ0v) is 11.1. The van der Waals surface area contributed by atoms with Gasteiger partial charge in [-0.2, -0.15) is 0 Å². The van der Waals surface area contributed by atoms with Gasteiger partial charge in [-0.3, -0.25) is 4.57 Å². The largest absolute Gasteiger partial charge is 0.369 e. The first-order valence-electron chi connectivity index (χ1n) is 5.45. The summed E-state index contributed by atoms with van der Waals surface area (Å²) < 4.78 is 14.8. The molecule has 6 heteroatoms. The zero-order chi connectivity index (χ0) is 13.6. The van der Waals surface area contributed by atoms with E-state index in [9.17, 15) is 4.39 Å². The molecule has 0 unspecified atom stereocenters. The number of hydrogen-bond acceptors (Lipinski definition) is 2. The van der Waals surface area contributed by atoms with Gasteiger partial charge in [0.1, 0.15) is 5.82 Å². The molecule has 0 spiro atoms. The van der Waals surface area contributed by atoms with Gasteiger partial charge < -0.3 is 5.73 Å². The predicted molar refractivity (Wildman–Crippen MR) is 75.5 cm³/mol. The Kier molecular flexibility index (Phi) is 2.84. The second kappa shape index (κ2) is 4.40. The van der Waals surface area contributed by atoms with E-state index in [1.165, 1.54) is 12.1 Å². The fraction of sp³-hybridized carbons (Fsp3) is 0. The van der Waals surface area contributed by atoms with E-state index < -0.39 is 5.82 Å². The Balaban J connectivity index is 2.33. The van der Waals surface area contributed by atoms with E-state index in [1.54, 1.807) is 28.8 Å². The summed E-state index contributed by atoms with van der Waals surface area (Å²) >= 11 is 12.0. The van der Waals surface area contributed by atoms with Gasteiger partial charge in [-0.05, 0) is 36.4 Å². The van der Waals surface area contributed by atoms with E-state index in [1.807, 2.05) is 0 Å². The number of imidazole rings is 1. The fourth-order valence-corrected chi connectivity index (χ4v) is 2.41. The van der Waals surface area contributed by atoms with E-state index in [-0.39, 0.29) is 11.0 Å². The van der Waals surface area contributed by atoms with E-state index in [4.69, 9.17) is 28.9 Å². The van der Waals surface area contributed by atoms with E-state index in [0.29, 0.717) is 16.2 Å². The Bertz CT molecular complexity index is 783. The van der Waals surface area contributed by atoms with Gasteiger partial charge in [-0.1, -0.05) is 23.2 Å². The Hall–Kier alpha value is -1.78. The number of fused-ring (bicyclic) bond motifs is 1. The molecule has 19 heavy (non-hydrogen) atoms. The standard InChI is InChI=1S/C13H8Cl2FN3/c14-7-1-3-12-10(5-7)18-13(17)19(12)11-4-2-8(16)6-9(11)15/h1-6H,(H2,17,18). The summed E-state index contributed by atoms with van der Waals surface area (Å²) in [7, 11) is 0. The van der Waals surface area contributed by atoms with Crippen molar-refractivity contribution in [3.05, 3.63) is 52.3 Å². The van der Waals surface area contributed by atoms with Gasteiger partial charge in [0.25, 0.3) is 0 Å². The van der Waals surface area contributed by atoms with Gasteiger partial charge >= 0.3 is 0 Å². The molecule has 0 saturated carbocycles. The molecule has 0 atom stereocenters. The van der Waals surface area contributed by atoms with Crippen LogP contribution in [0.25, 0.3) is 16.7 Å². The summed E-state index contributed by atoms with van der Waals surface area (Å²) in [5.74, 6) is -0.134. The number of rotatable bonds is 1. The third-order valence-corrected chi connectivity index (χ3v) is 3.33. The Morgan fingerprint density at radius 2 is 1.89 bits per heavy atom. The molecule has 0 radical (unpaired) electrons. The highest BCUT2D eigenvalue weighted by Crippen LogP contribution is 2.29. The third-order valence-electron chi connectivity index (χ3n) is 2.79. The average molecular weight is 296 g/mol. The molecular formula is C13H8Cl2FN3. The number of nitrogens with two attached hydrogens (primary N) is 1. The molecule has 2 aromatic carbocycles. The number of benzene rings is 2. The lowest BCUT2D eigenvalue weighted by molar-refractivity contribution is 0.627. The molecule has 0 bridgehead atoms. The second-order valence-corrected chi connectivity index (χ2v) is 4.88. The van der Waals surface area contributed by atoms with Crippen LogP contribution in [0.5, 0.6) is 0 Å². The average Bonchev–Trinajstić information content (AvgIpc) is 2.65. The maximum absolute atomic E-state index is 13.1. The summed E-state index contributed by atoms with van der Waals surface area (Å²) in [4.78, 5) is 4.22. The molecule has 0 aliphatic heterocycles. The highest BCUT2D eigenvalue weighted by atomic mass is 35.5. The van der Waals surface area contributed by atoms with E-state index in [0.717, 1.165) is 5.52 Å². The van der Waals surface area contributed by atoms with Crippen LogP contribution < -0.4 is 5.73 Å². The molecular weight excluding hydrogens is 288 g/mol. The summed E-state index contributed by atoms with van der Waals surface area (Å²) in [5.41, 5.74) is 7.89. The summed E-state index contributed by atoms with van der Waals surface area (Å²) in [5, 5.41) is 0.836. The van der Waals surface area contributed by atoms with Crippen molar-refractivity contribution in [3.8, 4) is 5.69 Å². The Morgan fingerprint density at radius 3 is 2.63 bits per heavy atom. The van der Waals surface area contributed by atoms with Crippen LogP contribution in [0.3, 0.4) is 0 Å². The normalized spacial score (nSPS) is 11.1. The van der Waals surface area contributed by atoms with Crippen molar-refractivity contribution in [2.45, 2.75) is 0 Å². The van der Waals surface area contributed by atoms with Crippen molar-refractivity contribution in [2.75, 3.05) is 5.73 Å². The molecule has 3 rings (SSSR count). The molecule has 0 aliphatic rings. The van der Waals surface area contributed by atoms with Gasteiger partial charge in [-0.25, -0.2) is 9.37 Å². The Morgan fingerprint density at radius 1 is 1.11 bits per heavy atom. The van der Waals surface area contributed by atoms with Crippen molar-refractivity contribution in [2.24, 2.45) is 0 Å². The highest BCUT2D eigenvalue weighted by molar-refractivity contribution is 6.32. The van der Waals surface area contributed by atoms with Gasteiger partial charge in [-0.15, -0.1) is 0 Å². The number of nitrogens with zero attached hydrogens (tertiary/aromatic N) is 2. The lowest BCUT2D eigenvalue weighted by atomic mass is 10.2. The highest BCUT2D eigenvalue weighted by Gasteiger charge is 2.13. The van der Waals surface area contributed by atoms with Crippen molar-refractivity contribution >= 4 is 40.2 Å². The number of nitrogen functional groups attached to an aromatic ring is 1. The zero-order valence-electron chi connectivity index (χ0n) is 9.57. The van der Waals surface area contributed by atoms with Crippen LogP contribution in [0.2, 0.25) is 10.0 Å². The lowest BCUT2D eigenvalue weighted by Gasteiger charge is -2.08. The van der Waals surface area contributed by atoms with Crippen LogP contribution in [-0.2, 0) is 0 Å². The summed E-state index contributed by atoms with van der Waals surface area (Å²) in [6.07, 6.45) is 0. The van der Waals surface area contributed by atoms with Crippen LogP contribution in [0.4, 0.5) is 10.3 Å². The SMILES string of the molecule is Nc1nc2cc(Cl)ccc2n1-c1ccc(F)cc1Cl. The number of halogens is 3. The smallest absolute Gasteiger partial charge is 0.205 e. The van der Waals surface area contributed by atoms with Crippen LogP contribution >= 0.6 is 23.2 Å². The third kappa shape index (κ3) is 2.03. The van der Waals surface area contributed by atoms with Gasteiger partial charge in [0.05, 0.1) is 21.7 Å². The molecule has 3 aromatic rings. The fourth-order valence-electron chi connectivity index (χ4n) is 1.99. The number of aromatic nitrogens is 2. The van der Waals surface area contributed by atoms with Crippen molar-refractivity contribution in [1.82, 2.24) is 9.55 Å². The van der Waals surface area contributed by atoms with Crippen molar-refractivity contribution in [3.63, 3.8) is 0 Å². The van der Waals surface area contributed by atoms with Crippen LogP contribution in [-0.4, -0.2) is 9.55 Å². The van der Waals surface area contributed by atoms with E-state index in [2.05, 4.69) is 4.98 Å². The molecule has 1 heterocycles. The maximum Gasteiger partial charge on any atom is 0.205 e.